The van der Waals surface area contributed by atoms with Crippen LogP contribution < -0.4 is 9.47 Å². The highest BCUT2D eigenvalue weighted by Crippen LogP contribution is 2.40. The van der Waals surface area contributed by atoms with Crippen molar-refractivity contribution < 1.29 is 14.6 Å². The second-order valence-electron chi connectivity index (χ2n) is 7.10. The van der Waals surface area contributed by atoms with Crippen LogP contribution in [0.2, 0.25) is 0 Å². The second-order valence-corrected chi connectivity index (χ2v) is 7.10. The summed E-state index contributed by atoms with van der Waals surface area (Å²) in [5.74, 6) is 1.82. The van der Waals surface area contributed by atoms with E-state index >= 15 is 0 Å². The van der Waals surface area contributed by atoms with Gasteiger partial charge in [0, 0.05) is 6.61 Å². The monoisotopic (exact) mass is 366 g/mol. The van der Waals surface area contributed by atoms with Gasteiger partial charge >= 0.3 is 0 Å². The molecule has 1 aliphatic carbocycles. The molecule has 0 bridgehead atoms. The van der Waals surface area contributed by atoms with Crippen molar-refractivity contribution in [2.75, 3.05) is 20.8 Å². The van der Waals surface area contributed by atoms with E-state index in [1.807, 2.05) is 12.1 Å². The lowest BCUT2D eigenvalue weighted by Gasteiger charge is -2.17. The van der Waals surface area contributed by atoms with Crippen LogP contribution in [-0.2, 0) is 6.42 Å². The molecular weight excluding hydrogens is 336 g/mol. The number of unbranched alkanes of at least 4 members (excludes halogenated alkanes) is 2. The van der Waals surface area contributed by atoms with E-state index in [0.29, 0.717) is 0 Å². The fraction of sp³-hybridized carbons (Fsp3) is 0.417. The number of aryl methyl sites for hydroxylation is 1. The number of fused-ring (bicyclic) bond motifs is 1. The summed E-state index contributed by atoms with van der Waals surface area (Å²) in [6.07, 6.45) is 7.37. The van der Waals surface area contributed by atoms with E-state index in [2.05, 4.69) is 30.3 Å². The van der Waals surface area contributed by atoms with Gasteiger partial charge in [-0.05, 0) is 90.6 Å². The number of benzene rings is 2. The summed E-state index contributed by atoms with van der Waals surface area (Å²) in [5, 5.41) is 9.11. The van der Waals surface area contributed by atoms with Gasteiger partial charge < -0.3 is 14.6 Å². The van der Waals surface area contributed by atoms with E-state index in [1.165, 1.54) is 27.8 Å². The van der Waals surface area contributed by atoms with E-state index in [0.717, 1.165) is 56.4 Å². The molecule has 3 rings (SSSR count). The standard InChI is InChI=1S/C24H30O3/c1-26-20-12-10-18(11-13-20)22-9-6-7-19-17-21(27-2)14-15-23(19)24(22)8-4-3-5-16-25/h10-15,17,25H,3-9,16H2,1-2H3. The van der Waals surface area contributed by atoms with Crippen LogP contribution in [0.1, 0.15) is 55.2 Å². The summed E-state index contributed by atoms with van der Waals surface area (Å²) < 4.78 is 10.8. The first kappa shape index (κ1) is 19.5. The van der Waals surface area contributed by atoms with Crippen LogP contribution in [0.15, 0.2) is 42.5 Å². The fourth-order valence-electron chi connectivity index (χ4n) is 3.95. The minimum absolute atomic E-state index is 0.276. The number of rotatable bonds is 8. The van der Waals surface area contributed by atoms with Crippen LogP contribution >= 0.6 is 0 Å². The van der Waals surface area contributed by atoms with Gasteiger partial charge in [-0.3, -0.25) is 0 Å². The van der Waals surface area contributed by atoms with Crippen molar-refractivity contribution in [3.8, 4) is 11.5 Å². The molecule has 0 fully saturated rings. The predicted molar refractivity (Wildman–Crippen MR) is 111 cm³/mol. The predicted octanol–water partition coefficient (Wildman–Crippen LogP) is 5.50. The first-order chi connectivity index (χ1) is 13.3. The zero-order valence-corrected chi connectivity index (χ0v) is 16.5. The highest BCUT2D eigenvalue weighted by Gasteiger charge is 2.19. The first-order valence-corrected chi connectivity index (χ1v) is 9.91. The van der Waals surface area contributed by atoms with Gasteiger partial charge in [0.15, 0.2) is 0 Å². The zero-order chi connectivity index (χ0) is 19.1. The molecule has 0 saturated carbocycles. The van der Waals surface area contributed by atoms with Crippen LogP contribution in [-0.4, -0.2) is 25.9 Å². The number of methoxy groups -OCH3 is 2. The minimum atomic E-state index is 0.276. The Kier molecular flexibility index (Phi) is 6.94. The molecule has 0 spiro atoms. The lowest BCUT2D eigenvalue weighted by molar-refractivity contribution is 0.283. The summed E-state index contributed by atoms with van der Waals surface area (Å²) in [5.41, 5.74) is 6.94. The highest BCUT2D eigenvalue weighted by molar-refractivity contribution is 5.92. The summed E-state index contributed by atoms with van der Waals surface area (Å²) in [4.78, 5) is 0. The van der Waals surface area contributed by atoms with Crippen molar-refractivity contribution in [1.82, 2.24) is 0 Å². The summed E-state index contributed by atoms with van der Waals surface area (Å²) in [7, 11) is 3.43. The first-order valence-electron chi connectivity index (χ1n) is 9.91. The SMILES string of the molecule is COc1ccc(C2=C(CCCCCO)c3ccc(OC)cc3CCC2)cc1. The van der Waals surface area contributed by atoms with Gasteiger partial charge in [0.25, 0.3) is 0 Å². The maximum Gasteiger partial charge on any atom is 0.119 e. The number of ether oxygens (including phenoxy) is 2. The van der Waals surface area contributed by atoms with Gasteiger partial charge in [-0.1, -0.05) is 24.6 Å². The van der Waals surface area contributed by atoms with Crippen molar-refractivity contribution in [1.29, 1.82) is 0 Å². The van der Waals surface area contributed by atoms with Gasteiger partial charge in [0.2, 0.25) is 0 Å². The molecule has 1 aliphatic rings. The molecule has 27 heavy (non-hydrogen) atoms. The molecule has 0 unspecified atom stereocenters. The second kappa shape index (κ2) is 9.61. The Labute approximate surface area is 162 Å². The van der Waals surface area contributed by atoms with Crippen molar-refractivity contribution in [3.05, 3.63) is 59.2 Å². The van der Waals surface area contributed by atoms with Crippen LogP contribution in [0.25, 0.3) is 11.1 Å². The third-order valence-corrected chi connectivity index (χ3v) is 5.40. The molecule has 0 heterocycles. The summed E-state index contributed by atoms with van der Waals surface area (Å²) in [6, 6.07) is 14.9. The van der Waals surface area contributed by atoms with Crippen molar-refractivity contribution >= 4 is 11.1 Å². The average Bonchev–Trinajstić information content (AvgIpc) is 2.90. The lowest BCUT2D eigenvalue weighted by atomic mass is 9.89. The number of hydrogen-bond acceptors (Lipinski definition) is 3. The van der Waals surface area contributed by atoms with Crippen LogP contribution in [0.3, 0.4) is 0 Å². The Bertz CT molecular complexity index is 775. The van der Waals surface area contributed by atoms with Gasteiger partial charge in [-0.25, -0.2) is 0 Å². The lowest BCUT2D eigenvalue weighted by Crippen LogP contribution is -1.96. The maximum absolute atomic E-state index is 9.11. The van der Waals surface area contributed by atoms with Crippen molar-refractivity contribution in [2.45, 2.75) is 44.9 Å². The number of aliphatic hydroxyl groups is 1. The quantitative estimate of drug-likeness (QED) is 0.627. The molecule has 0 radical (unpaired) electrons. The Morgan fingerprint density at radius 3 is 2.30 bits per heavy atom. The third kappa shape index (κ3) is 4.72. The van der Waals surface area contributed by atoms with Crippen molar-refractivity contribution in [2.24, 2.45) is 0 Å². The Morgan fingerprint density at radius 2 is 1.59 bits per heavy atom. The molecule has 0 atom stereocenters. The third-order valence-electron chi connectivity index (χ3n) is 5.40. The van der Waals surface area contributed by atoms with E-state index in [1.54, 1.807) is 14.2 Å². The number of allylic oxidation sites excluding steroid dienone is 2. The minimum Gasteiger partial charge on any atom is -0.497 e. The smallest absolute Gasteiger partial charge is 0.119 e. The molecule has 144 valence electrons. The van der Waals surface area contributed by atoms with E-state index in [4.69, 9.17) is 14.6 Å². The zero-order valence-electron chi connectivity index (χ0n) is 16.5. The topological polar surface area (TPSA) is 38.7 Å². The number of hydrogen-bond donors (Lipinski definition) is 1. The van der Waals surface area contributed by atoms with Gasteiger partial charge in [0.1, 0.15) is 11.5 Å². The Morgan fingerprint density at radius 1 is 0.852 bits per heavy atom. The maximum atomic E-state index is 9.11. The van der Waals surface area contributed by atoms with Crippen LogP contribution in [0.5, 0.6) is 11.5 Å². The van der Waals surface area contributed by atoms with E-state index in [9.17, 15) is 0 Å². The van der Waals surface area contributed by atoms with Gasteiger partial charge in [-0.15, -0.1) is 0 Å². The fourth-order valence-corrected chi connectivity index (χ4v) is 3.95. The van der Waals surface area contributed by atoms with Gasteiger partial charge in [-0.2, -0.15) is 0 Å². The largest absolute Gasteiger partial charge is 0.497 e. The van der Waals surface area contributed by atoms with E-state index in [-0.39, 0.29) is 6.61 Å². The van der Waals surface area contributed by atoms with Crippen LogP contribution in [0, 0.1) is 0 Å². The molecule has 0 aliphatic heterocycles. The van der Waals surface area contributed by atoms with Crippen molar-refractivity contribution in [3.63, 3.8) is 0 Å². The van der Waals surface area contributed by atoms with Crippen LogP contribution in [0.4, 0.5) is 0 Å². The summed E-state index contributed by atoms with van der Waals surface area (Å²) >= 11 is 0. The normalized spacial score (nSPS) is 13.9. The average molecular weight is 367 g/mol. The molecule has 1 N–H and O–H groups in total. The molecule has 3 nitrogen and oxygen atoms in total. The molecule has 2 aromatic rings. The molecule has 2 aromatic carbocycles. The number of aliphatic hydroxyl groups excluding tert-OH is 1. The molecular formula is C24H30O3. The molecule has 0 aromatic heterocycles. The Hall–Kier alpha value is -2.26. The molecule has 3 heteroatoms. The van der Waals surface area contributed by atoms with Gasteiger partial charge in [0.05, 0.1) is 14.2 Å². The molecule has 0 amide bonds. The summed E-state index contributed by atoms with van der Waals surface area (Å²) in [6.45, 7) is 0.276. The highest BCUT2D eigenvalue weighted by atomic mass is 16.5. The van der Waals surface area contributed by atoms with E-state index < -0.39 is 0 Å². The Balaban J connectivity index is 2.02. The molecule has 0 saturated heterocycles.